The van der Waals surface area contributed by atoms with Crippen molar-refractivity contribution in [3.8, 4) is 0 Å². The van der Waals surface area contributed by atoms with Gasteiger partial charge in [0.2, 0.25) is 0 Å². The van der Waals surface area contributed by atoms with Gasteiger partial charge < -0.3 is 5.11 Å². The minimum atomic E-state index is 0.481. The largest absolute Gasteiger partial charge is 0.516 e. The minimum Gasteiger partial charge on any atom is -0.516 e. The number of rotatable bonds is 1. The lowest BCUT2D eigenvalue weighted by Gasteiger charge is -2.13. The molecule has 0 spiro atoms. The molecule has 1 aliphatic heterocycles. The fourth-order valence-electron chi connectivity index (χ4n) is 1.28. The van der Waals surface area contributed by atoms with E-state index < -0.39 is 0 Å². The summed E-state index contributed by atoms with van der Waals surface area (Å²) in [6.45, 7) is 1.16. The molecule has 1 heterocycles. The maximum atomic E-state index is 8.44. The molecule has 52 valence electrons. The lowest BCUT2D eigenvalue weighted by Crippen LogP contribution is -2.22. The predicted octanol–water partition coefficient (Wildman–Crippen LogP) is 1.15. The Morgan fingerprint density at radius 2 is 2.44 bits per heavy atom. The quantitative estimate of drug-likeness (QED) is 0.534. The van der Waals surface area contributed by atoms with Crippen molar-refractivity contribution in [2.75, 3.05) is 13.6 Å². The van der Waals surface area contributed by atoms with Crippen molar-refractivity contribution >= 4 is 0 Å². The summed E-state index contributed by atoms with van der Waals surface area (Å²) in [5.74, 6) is 0. The van der Waals surface area contributed by atoms with Crippen LogP contribution in [0.3, 0.4) is 0 Å². The van der Waals surface area contributed by atoms with Crippen LogP contribution in [0.15, 0.2) is 12.3 Å². The molecule has 1 atom stereocenters. The number of hydrogen-bond acceptors (Lipinski definition) is 2. The third-order valence-corrected chi connectivity index (χ3v) is 1.89. The van der Waals surface area contributed by atoms with Gasteiger partial charge in [-0.2, -0.15) is 0 Å². The maximum Gasteiger partial charge on any atom is 0.0767 e. The molecule has 1 aliphatic rings. The Morgan fingerprint density at radius 1 is 1.67 bits per heavy atom. The van der Waals surface area contributed by atoms with Crippen molar-refractivity contribution in [2.45, 2.75) is 18.9 Å². The molecule has 1 unspecified atom stereocenters. The van der Waals surface area contributed by atoms with Gasteiger partial charge in [0.1, 0.15) is 0 Å². The zero-order chi connectivity index (χ0) is 6.69. The van der Waals surface area contributed by atoms with Crippen LogP contribution in [0.5, 0.6) is 0 Å². The molecule has 0 amide bonds. The summed E-state index contributed by atoms with van der Waals surface area (Å²) >= 11 is 0. The standard InChI is InChI=1S/C7H13NO/c1-8-5-2-3-7(8)4-6-9/h4,6-7,9H,2-3,5H2,1H3/b6-4+. The zero-order valence-corrected chi connectivity index (χ0v) is 5.75. The minimum absolute atomic E-state index is 0.481. The van der Waals surface area contributed by atoms with Crippen LogP contribution in [-0.4, -0.2) is 29.6 Å². The highest BCUT2D eigenvalue weighted by Gasteiger charge is 2.17. The Bertz CT molecular complexity index is 111. The molecular formula is C7H13NO. The molecule has 0 saturated carbocycles. The van der Waals surface area contributed by atoms with Crippen LogP contribution < -0.4 is 0 Å². The molecule has 1 fully saturated rings. The number of aliphatic hydroxyl groups excluding tert-OH is 1. The predicted molar refractivity (Wildman–Crippen MR) is 37.4 cm³/mol. The Morgan fingerprint density at radius 3 is 2.89 bits per heavy atom. The number of nitrogens with zero attached hydrogens (tertiary/aromatic N) is 1. The molecule has 0 bridgehead atoms. The van der Waals surface area contributed by atoms with E-state index in [1.54, 1.807) is 0 Å². The number of hydrogen-bond donors (Lipinski definition) is 1. The average Bonchev–Trinajstić information content (AvgIpc) is 2.18. The molecule has 2 nitrogen and oxygen atoms in total. The van der Waals surface area contributed by atoms with E-state index in [-0.39, 0.29) is 0 Å². The van der Waals surface area contributed by atoms with Gasteiger partial charge in [-0.25, -0.2) is 0 Å². The van der Waals surface area contributed by atoms with Crippen molar-refractivity contribution in [1.29, 1.82) is 0 Å². The van der Waals surface area contributed by atoms with Gasteiger partial charge in [0, 0.05) is 6.04 Å². The van der Waals surface area contributed by atoms with E-state index in [1.165, 1.54) is 12.8 Å². The van der Waals surface area contributed by atoms with Crippen LogP contribution >= 0.6 is 0 Å². The van der Waals surface area contributed by atoms with Crippen molar-refractivity contribution in [3.63, 3.8) is 0 Å². The Balaban J connectivity index is 2.39. The smallest absolute Gasteiger partial charge is 0.0767 e. The number of aliphatic hydroxyl groups is 1. The summed E-state index contributed by atoms with van der Waals surface area (Å²) in [6, 6.07) is 0.481. The molecule has 2 heteroatoms. The lowest BCUT2D eigenvalue weighted by atomic mass is 10.2. The second-order valence-electron chi connectivity index (χ2n) is 2.53. The van der Waals surface area contributed by atoms with Crippen LogP contribution in [0.4, 0.5) is 0 Å². The summed E-state index contributed by atoms with van der Waals surface area (Å²) in [5.41, 5.74) is 0. The van der Waals surface area contributed by atoms with Crippen LogP contribution in [0.2, 0.25) is 0 Å². The lowest BCUT2D eigenvalue weighted by molar-refractivity contribution is 0.350. The number of likely N-dealkylation sites (tertiary alicyclic amines) is 1. The monoisotopic (exact) mass is 127 g/mol. The molecular weight excluding hydrogens is 114 g/mol. The van der Waals surface area contributed by atoms with E-state index >= 15 is 0 Å². The molecule has 0 aliphatic carbocycles. The van der Waals surface area contributed by atoms with E-state index in [1.807, 2.05) is 6.08 Å². The maximum absolute atomic E-state index is 8.44. The van der Waals surface area contributed by atoms with Crippen molar-refractivity contribution in [1.82, 2.24) is 4.90 Å². The van der Waals surface area contributed by atoms with E-state index in [4.69, 9.17) is 5.11 Å². The van der Waals surface area contributed by atoms with Gasteiger partial charge in [0.15, 0.2) is 0 Å². The van der Waals surface area contributed by atoms with Gasteiger partial charge in [-0.1, -0.05) is 0 Å². The molecule has 0 radical (unpaired) electrons. The van der Waals surface area contributed by atoms with E-state index in [2.05, 4.69) is 11.9 Å². The van der Waals surface area contributed by atoms with Crippen LogP contribution in [-0.2, 0) is 0 Å². The second-order valence-corrected chi connectivity index (χ2v) is 2.53. The first kappa shape index (κ1) is 6.62. The summed E-state index contributed by atoms with van der Waals surface area (Å²) in [4.78, 5) is 2.24. The van der Waals surface area contributed by atoms with E-state index in [0.717, 1.165) is 12.8 Å². The highest BCUT2D eigenvalue weighted by molar-refractivity contribution is 4.92. The zero-order valence-electron chi connectivity index (χ0n) is 5.75. The third-order valence-electron chi connectivity index (χ3n) is 1.89. The first-order chi connectivity index (χ1) is 4.34. The van der Waals surface area contributed by atoms with Crippen molar-refractivity contribution < 1.29 is 5.11 Å². The van der Waals surface area contributed by atoms with Gasteiger partial charge in [-0.3, -0.25) is 4.90 Å². The fraction of sp³-hybridized carbons (Fsp3) is 0.714. The van der Waals surface area contributed by atoms with Gasteiger partial charge in [0.25, 0.3) is 0 Å². The molecule has 1 N–H and O–H groups in total. The van der Waals surface area contributed by atoms with Crippen LogP contribution in [0.25, 0.3) is 0 Å². The van der Waals surface area contributed by atoms with Crippen LogP contribution in [0, 0.1) is 0 Å². The Kier molecular flexibility index (Phi) is 2.11. The van der Waals surface area contributed by atoms with E-state index in [0.29, 0.717) is 6.04 Å². The summed E-state index contributed by atoms with van der Waals surface area (Å²) in [5, 5.41) is 8.44. The number of likely N-dealkylation sites (N-methyl/N-ethyl adjacent to an activating group) is 1. The Labute approximate surface area is 55.8 Å². The van der Waals surface area contributed by atoms with E-state index in [9.17, 15) is 0 Å². The van der Waals surface area contributed by atoms with Gasteiger partial charge in [0.05, 0.1) is 6.26 Å². The van der Waals surface area contributed by atoms with Gasteiger partial charge in [-0.05, 0) is 32.5 Å². The third kappa shape index (κ3) is 1.45. The molecule has 1 saturated heterocycles. The molecule has 0 aromatic heterocycles. The topological polar surface area (TPSA) is 23.5 Å². The first-order valence-corrected chi connectivity index (χ1v) is 3.35. The average molecular weight is 127 g/mol. The summed E-state index contributed by atoms with van der Waals surface area (Å²) < 4.78 is 0. The highest BCUT2D eigenvalue weighted by Crippen LogP contribution is 2.14. The van der Waals surface area contributed by atoms with Crippen LogP contribution in [0.1, 0.15) is 12.8 Å². The fourth-order valence-corrected chi connectivity index (χ4v) is 1.28. The molecule has 0 aromatic rings. The summed E-state index contributed by atoms with van der Waals surface area (Å²) in [7, 11) is 2.08. The summed E-state index contributed by atoms with van der Waals surface area (Å²) in [6.07, 6.45) is 5.43. The van der Waals surface area contributed by atoms with Crippen molar-refractivity contribution in [2.24, 2.45) is 0 Å². The second kappa shape index (κ2) is 2.87. The molecule has 9 heavy (non-hydrogen) atoms. The Hall–Kier alpha value is -0.500. The first-order valence-electron chi connectivity index (χ1n) is 3.35. The van der Waals surface area contributed by atoms with Gasteiger partial charge >= 0.3 is 0 Å². The molecule has 0 aromatic carbocycles. The molecule has 1 rings (SSSR count). The normalized spacial score (nSPS) is 30.1. The highest BCUT2D eigenvalue weighted by atomic mass is 16.2. The SMILES string of the molecule is CN1CCCC1/C=C/O. The van der Waals surface area contributed by atoms with Crippen molar-refractivity contribution in [3.05, 3.63) is 12.3 Å². The van der Waals surface area contributed by atoms with Gasteiger partial charge in [-0.15, -0.1) is 0 Å².